The van der Waals surface area contributed by atoms with E-state index in [1.54, 1.807) is 6.07 Å². The van der Waals surface area contributed by atoms with Crippen molar-refractivity contribution in [3.05, 3.63) is 79.0 Å². The number of nitro groups is 1. The highest BCUT2D eigenvalue weighted by Crippen LogP contribution is 2.33. The second kappa shape index (κ2) is 9.54. The van der Waals surface area contributed by atoms with Crippen molar-refractivity contribution in [1.82, 2.24) is 4.98 Å². The van der Waals surface area contributed by atoms with Crippen LogP contribution in [-0.4, -0.2) is 36.7 Å². The number of benzene rings is 2. The summed E-state index contributed by atoms with van der Waals surface area (Å²) in [5, 5.41) is 13.1. The van der Waals surface area contributed by atoms with Crippen LogP contribution in [-0.2, 0) is 16.3 Å². The highest BCUT2D eigenvalue weighted by molar-refractivity contribution is 7.92. The number of piperidine rings is 1. The van der Waals surface area contributed by atoms with E-state index in [0.717, 1.165) is 22.5 Å². The van der Waals surface area contributed by atoms with Gasteiger partial charge >= 0.3 is 0 Å². The lowest BCUT2D eigenvalue weighted by Gasteiger charge is -2.31. The zero-order valence-electron chi connectivity index (χ0n) is 17.1. The highest BCUT2D eigenvalue weighted by Gasteiger charge is 2.33. The summed E-state index contributed by atoms with van der Waals surface area (Å²) in [6.45, 7) is 0.976. The number of sulfone groups is 1. The molecule has 0 bridgehead atoms. The van der Waals surface area contributed by atoms with E-state index in [0.29, 0.717) is 32.4 Å². The third-order valence-electron chi connectivity index (χ3n) is 5.50. The van der Waals surface area contributed by atoms with Gasteiger partial charge in [-0.25, -0.2) is 17.8 Å². The van der Waals surface area contributed by atoms with Crippen molar-refractivity contribution >= 4 is 55.2 Å². The molecule has 1 aliphatic heterocycles. The van der Waals surface area contributed by atoms with E-state index >= 15 is 0 Å². The van der Waals surface area contributed by atoms with Crippen LogP contribution in [0.15, 0.2) is 46.7 Å². The standard InChI is InChI=1S/C21H18Cl2FN3O4S2/c22-17-3-1-13(10-19(17)24)9-14-12-32-21(25-14)26-7-5-15(6-8-26)33(30,31)16-2-4-18(23)20(11-16)27(28)29/h1-4,10-12,15H,5-9H2. The Labute approximate surface area is 203 Å². The number of thiazole rings is 1. The van der Waals surface area contributed by atoms with Crippen LogP contribution in [0.5, 0.6) is 0 Å². The molecule has 0 N–H and O–H groups in total. The van der Waals surface area contributed by atoms with Crippen LogP contribution in [0.25, 0.3) is 0 Å². The lowest BCUT2D eigenvalue weighted by molar-refractivity contribution is -0.384. The molecular formula is C21H18Cl2FN3O4S2. The van der Waals surface area contributed by atoms with Gasteiger partial charge < -0.3 is 4.90 Å². The van der Waals surface area contributed by atoms with Crippen LogP contribution in [0.1, 0.15) is 24.1 Å². The van der Waals surface area contributed by atoms with Crippen LogP contribution >= 0.6 is 34.5 Å². The first-order valence-corrected chi connectivity index (χ1v) is 13.1. The first-order chi connectivity index (χ1) is 15.6. The second-order valence-electron chi connectivity index (χ2n) is 7.65. The molecule has 1 aromatic heterocycles. The minimum atomic E-state index is -3.74. The number of hydrogen-bond acceptors (Lipinski definition) is 7. The summed E-state index contributed by atoms with van der Waals surface area (Å²) in [5.41, 5.74) is 1.13. The van der Waals surface area contributed by atoms with Gasteiger partial charge in [-0.3, -0.25) is 10.1 Å². The van der Waals surface area contributed by atoms with Crippen molar-refractivity contribution in [1.29, 1.82) is 0 Å². The molecule has 174 valence electrons. The summed E-state index contributed by atoms with van der Waals surface area (Å²) in [4.78, 5) is 17.0. The molecule has 0 atom stereocenters. The van der Waals surface area contributed by atoms with Crippen LogP contribution in [0.3, 0.4) is 0 Å². The summed E-state index contributed by atoms with van der Waals surface area (Å²) < 4.78 is 39.7. The van der Waals surface area contributed by atoms with Gasteiger partial charge in [0.15, 0.2) is 15.0 Å². The summed E-state index contributed by atoms with van der Waals surface area (Å²) in [6, 6.07) is 8.23. The molecule has 0 radical (unpaired) electrons. The van der Waals surface area contributed by atoms with Crippen LogP contribution in [0.4, 0.5) is 15.2 Å². The number of aromatic nitrogens is 1. The van der Waals surface area contributed by atoms with E-state index in [1.165, 1.54) is 35.6 Å². The van der Waals surface area contributed by atoms with Crippen LogP contribution < -0.4 is 4.90 Å². The van der Waals surface area contributed by atoms with Gasteiger partial charge in [0.05, 0.1) is 25.8 Å². The summed E-state index contributed by atoms with van der Waals surface area (Å²) >= 11 is 13.0. The Morgan fingerprint density at radius 3 is 2.52 bits per heavy atom. The Hall–Kier alpha value is -2.27. The smallest absolute Gasteiger partial charge is 0.289 e. The molecule has 0 spiro atoms. The third kappa shape index (κ3) is 5.13. The van der Waals surface area contributed by atoms with Crippen molar-refractivity contribution in [3.8, 4) is 0 Å². The number of hydrogen-bond donors (Lipinski definition) is 0. The molecule has 4 rings (SSSR count). The molecule has 2 heterocycles. The van der Waals surface area contributed by atoms with E-state index < -0.39 is 31.5 Å². The zero-order chi connectivity index (χ0) is 23.8. The molecule has 1 fully saturated rings. The largest absolute Gasteiger partial charge is 0.348 e. The number of halogens is 3. The average Bonchev–Trinajstić information content (AvgIpc) is 3.25. The molecule has 0 saturated carbocycles. The van der Waals surface area contributed by atoms with Crippen molar-refractivity contribution in [2.75, 3.05) is 18.0 Å². The van der Waals surface area contributed by atoms with Crippen LogP contribution in [0.2, 0.25) is 10.0 Å². The van der Waals surface area contributed by atoms with E-state index in [1.807, 2.05) is 10.3 Å². The van der Waals surface area contributed by atoms with Gasteiger partial charge in [0.25, 0.3) is 5.69 Å². The quantitative estimate of drug-likeness (QED) is 0.307. The van der Waals surface area contributed by atoms with E-state index in [-0.39, 0.29) is 14.9 Å². The molecule has 3 aromatic rings. The predicted molar refractivity (Wildman–Crippen MR) is 127 cm³/mol. The Balaban J connectivity index is 1.42. The third-order valence-corrected chi connectivity index (χ3v) is 9.34. The van der Waals surface area contributed by atoms with Gasteiger partial charge in [0, 0.05) is 31.0 Å². The minimum absolute atomic E-state index is 0.0729. The van der Waals surface area contributed by atoms with Gasteiger partial charge in [0.1, 0.15) is 10.8 Å². The molecule has 12 heteroatoms. The summed E-state index contributed by atoms with van der Waals surface area (Å²) in [7, 11) is -3.74. The van der Waals surface area contributed by atoms with Crippen molar-refractivity contribution in [3.63, 3.8) is 0 Å². The Morgan fingerprint density at radius 1 is 1.15 bits per heavy atom. The maximum absolute atomic E-state index is 13.7. The Kier molecular flexibility index (Phi) is 6.90. The van der Waals surface area contributed by atoms with Gasteiger partial charge in [-0.2, -0.15) is 0 Å². The number of nitrogens with zero attached hydrogens (tertiary/aromatic N) is 3. The van der Waals surface area contributed by atoms with E-state index in [4.69, 9.17) is 23.2 Å². The van der Waals surface area contributed by atoms with Gasteiger partial charge in [-0.05, 0) is 42.7 Å². The predicted octanol–water partition coefficient (Wildman–Crippen LogP) is 5.53. The fourth-order valence-corrected chi connectivity index (χ4v) is 6.67. The SMILES string of the molecule is O=[N+]([O-])c1cc(S(=O)(=O)C2CCN(c3nc(Cc4ccc(Cl)c(F)c4)cs3)CC2)ccc1Cl. The van der Waals surface area contributed by atoms with E-state index in [2.05, 4.69) is 4.98 Å². The number of anilines is 1. The minimum Gasteiger partial charge on any atom is -0.348 e. The van der Waals surface area contributed by atoms with Crippen molar-refractivity contribution in [2.24, 2.45) is 0 Å². The topological polar surface area (TPSA) is 93.4 Å². The highest BCUT2D eigenvalue weighted by atomic mass is 35.5. The number of rotatable bonds is 6. The van der Waals surface area contributed by atoms with Gasteiger partial charge in [-0.1, -0.05) is 29.3 Å². The molecule has 2 aromatic carbocycles. The van der Waals surface area contributed by atoms with Crippen molar-refractivity contribution in [2.45, 2.75) is 29.4 Å². The fraction of sp³-hybridized carbons (Fsp3) is 0.286. The summed E-state index contributed by atoms with van der Waals surface area (Å²) in [5.74, 6) is -0.473. The fourth-order valence-electron chi connectivity index (χ4n) is 3.74. The zero-order valence-corrected chi connectivity index (χ0v) is 20.2. The van der Waals surface area contributed by atoms with Gasteiger partial charge in [-0.15, -0.1) is 11.3 Å². The molecule has 0 unspecified atom stereocenters. The average molecular weight is 530 g/mol. The molecule has 33 heavy (non-hydrogen) atoms. The Bertz CT molecular complexity index is 1310. The normalized spacial score (nSPS) is 15.1. The van der Waals surface area contributed by atoms with E-state index in [9.17, 15) is 22.9 Å². The summed E-state index contributed by atoms with van der Waals surface area (Å²) in [6.07, 6.45) is 1.21. The first kappa shape index (κ1) is 23.9. The number of nitro benzene ring substituents is 1. The maximum Gasteiger partial charge on any atom is 0.289 e. The molecule has 7 nitrogen and oxygen atoms in total. The first-order valence-electron chi connectivity index (χ1n) is 9.96. The Morgan fingerprint density at radius 2 is 1.85 bits per heavy atom. The monoisotopic (exact) mass is 529 g/mol. The van der Waals surface area contributed by atoms with Crippen LogP contribution in [0, 0.1) is 15.9 Å². The molecular weight excluding hydrogens is 512 g/mol. The lowest BCUT2D eigenvalue weighted by atomic mass is 10.1. The molecule has 1 aliphatic rings. The maximum atomic E-state index is 13.7. The second-order valence-corrected chi connectivity index (χ2v) is 11.5. The lowest BCUT2D eigenvalue weighted by Crippen LogP contribution is -2.39. The molecule has 0 aliphatic carbocycles. The molecule has 1 saturated heterocycles. The molecule has 0 amide bonds. The van der Waals surface area contributed by atoms with Gasteiger partial charge in [0.2, 0.25) is 0 Å². The van der Waals surface area contributed by atoms with Crippen molar-refractivity contribution < 1.29 is 17.7 Å².